The van der Waals surface area contributed by atoms with E-state index in [1.54, 1.807) is 0 Å². The third-order valence-electron chi connectivity index (χ3n) is 3.11. The fourth-order valence-corrected chi connectivity index (χ4v) is 10.5. The summed E-state index contributed by atoms with van der Waals surface area (Å²) in [6.45, 7) is 8.13. The molecular weight excluding hydrogens is 339 g/mol. The van der Waals surface area contributed by atoms with Crippen LogP contribution in [0.25, 0.3) is 0 Å². The first-order chi connectivity index (χ1) is 7.27. The molecule has 2 rings (SSSR count). The number of hydrogen-bond donors (Lipinski definition) is 0. The van der Waals surface area contributed by atoms with Crippen molar-refractivity contribution < 1.29 is 6.20 Å². The summed E-state index contributed by atoms with van der Waals surface area (Å²) >= 11 is -3.35. The Balaban J connectivity index is 2.38. The number of rotatable bonds is 1. The minimum atomic E-state index is -3.35. The third kappa shape index (κ3) is 2.00. The van der Waals surface area contributed by atoms with Crippen molar-refractivity contribution >= 4 is 30.5 Å². The summed E-state index contributed by atoms with van der Waals surface area (Å²) in [6, 6.07) is 9.89. The molecule has 1 saturated heterocycles. The second-order valence-corrected chi connectivity index (χ2v) is 12.5. The molecule has 16 heavy (non-hydrogen) atoms. The molecule has 0 atom stereocenters. The van der Waals surface area contributed by atoms with E-state index in [1.165, 1.54) is 0 Å². The molecule has 90 valence electrons. The van der Waals surface area contributed by atoms with Crippen LogP contribution in [0.4, 0.5) is 0 Å². The first-order valence-corrected chi connectivity index (χ1v) is 11.3. The predicted octanol–water partition coefficient (Wildman–Crippen LogP) is 2.68. The monoisotopic (exact) mass is 358 g/mol. The van der Waals surface area contributed by atoms with Gasteiger partial charge < -0.3 is 0 Å². The van der Waals surface area contributed by atoms with E-state index in [4.69, 9.17) is 15.2 Å². The zero-order valence-corrected chi connectivity index (χ0v) is 13.1. The van der Waals surface area contributed by atoms with Crippen LogP contribution in [0.2, 0.25) is 0 Å². The first-order valence-electron chi connectivity index (χ1n) is 5.26. The van der Waals surface area contributed by atoms with Crippen LogP contribution in [0.1, 0.15) is 27.7 Å². The predicted molar refractivity (Wildman–Crippen MR) is 68.0 cm³/mol. The molecule has 1 aliphatic heterocycles. The van der Waals surface area contributed by atoms with E-state index >= 15 is 0 Å². The fourth-order valence-electron chi connectivity index (χ4n) is 1.43. The third-order valence-corrected chi connectivity index (χ3v) is 11.1. The van der Waals surface area contributed by atoms with Crippen molar-refractivity contribution in [3.8, 4) is 0 Å². The van der Waals surface area contributed by atoms with Crippen LogP contribution in [0.3, 0.4) is 0 Å². The summed E-state index contributed by atoms with van der Waals surface area (Å²) in [5, 5.41) is 0. The quantitative estimate of drug-likeness (QED) is 0.721. The molecule has 0 spiro atoms. The van der Waals surface area contributed by atoms with Crippen molar-refractivity contribution in [2.75, 3.05) is 0 Å². The van der Waals surface area contributed by atoms with Gasteiger partial charge in [0.2, 0.25) is 0 Å². The Morgan fingerprint density at radius 1 is 0.938 bits per heavy atom. The second-order valence-electron chi connectivity index (χ2n) is 4.94. The topological polar surface area (TPSA) is 18.5 Å². The molecule has 1 aliphatic rings. The van der Waals surface area contributed by atoms with E-state index in [0.29, 0.717) is 0 Å². The molecule has 0 saturated carbocycles. The minimum absolute atomic E-state index is 0.342. The normalized spacial score (nSPS) is 27.6. The van der Waals surface area contributed by atoms with E-state index in [-0.39, 0.29) is 11.2 Å². The number of benzene rings is 1. The van der Waals surface area contributed by atoms with Gasteiger partial charge in [-0.3, -0.25) is 0 Å². The molecule has 0 aliphatic carbocycles. The molecular formula is C12H17ClO2Te. The maximum atomic E-state index is 6.61. The van der Waals surface area contributed by atoms with Gasteiger partial charge in [0.1, 0.15) is 0 Å². The van der Waals surface area contributed by atoms with Crippen LogP contribution < -0.4 is 3.61 Å². The van der Waals surface area contributed by atoms with Gasteiger partial charge in [-0.25, -0.2) is 0 Å². The van der Waals surface area contributed by atoms with Gasteiger partial charge >= 0.3 is 106 Å². The molecule has 1 fully saturated rings. The van der Waals surface area contributed by atoms with Gasteiger partial charge in [0.05, 0.1) is 0 Å². The Hall–Kier alpha value is 0.220. The summed E-state index contributed by atoms with van der Waals surface area (Å²) in [5.41, 5.74) is -0.683. The molecule has 0 radical (unpaired) electrons. The number of hydrogen-bond acceptors (Lipinski definition) is 2. The maximum absolute atomic E-state index is 6.61. The van der Waals surface area contributed by atoms with E-state index in [9.17, 15) is 0 Å². The summed E-state index contributed by atoms with van der Waals surface area (Å²) in [5.74, 6) is 0. The number of halogens is 1. The van der Waals surface area contributed by atoms with Crippen LogP contribution in [0, 0.1) is 0 Å². The molecule has 0 amide bonds. The van der Waals surface area contributed by atoms with Gasteiger partial charge in [0.25, 0.3) is 0 Å². The first kappa shape index (κ1) is 12.7. The van der Waals surface area contributed by atoms with E-state index < -0.39 is 17.9 Å². The van der Waals surface area contributed by atoms with Gasteiger partial charge in [-0.15, -0.1) is 0 Å². The summed E-state index contributed by atoms with van der Waals surface area (Å²) in [6.07, 6.45) is 0. The standard InChI is InChI=1S/C12H17ClO2Te/c1-11(2)12(3,4)15-16(13,14-11)10-8-6-5-7-9-10/h5-9H,1-4H3. The Kier molecular flexibility index (Phi) is 3.06. The van der Waals surface area contributed by atoms with E-state index in [2.05, 4.69) is 0 Å². The second kappa shape index (κ2) is 3.86. The van der Waals surface area contributed by atoms with Crippen molar-refractivity contribution in [3.63, 3.8) is 0 Å². The Labute approximate surface area is 106 Å². The Morgan fingerprint density at radius 2 is 1.38 bits per heavy atom. The van der Waals surface area contributed by atoms with Crippen LogP contribution in [0.15, 0.2) is 30.3 Å². The van der Waals surface area contributed by atoms with Crippen molar-refractivity contribution in [3.05, 3.63) is 30.3 Å². The molecule has 0 N–H and O–H groups in total. The molecule has 0 bridgehead atoms. The van der Waals surface area contributed by atoms with Crippen LogP contribution >= 0.6 is 8.96 Å². The molecule has 0 unspecified atom stereocenters. The van der Waals surface area contributed by atoms with Gasteiger partial charge in [-0.2, -0.15) is 0 Å². The average Bonchev–Trinajstić information content (AvgIpc) is 2.33. The van der Waals surface area contributed by atoms with Crippen molar-refractivity contribution in [2.45, 2.75) is 38.9 Å². The summed E-state index contributed by atoms with van der Waals surface area (Å²) in [4.78, 5) is 0. The van der Waals surface area contributed by atoms with Gasteiger partial charge in [0, 0.05) is 0 Å². The summed E-state index contributed by atoms with van der Waals surface area (Å²) < 4.78 is 13.2. The SMILES string of the molecule is CC1(C)O[Te](Cl)(c2ccccc2)OC1(C)C. The molecule has 2 nitrogen and oxygen atoms in total. The molecule has 1 heterocycles. The molecule has 0 aromatic heterocycles. The fraction of sp³-hybridized carbons (Fsp3) is 0.500. The Bertz CT molecular complexity index is 373. The van der Waals surface area contributed by atoms with E-state index in [0.717, 1.165) is 3.61 Å². The molecule has 4 heteroatoms. The van der Waals surface area contributed by atoms with Gasteiger partial charge in [-0.05, 0) is 0 Å². The average molecular weight is 356 g/mol. The molecule has 1 aromatic carbocycles. The van der Waals surface area contributed by atoms with Crippen LogP contribution in [-0.2, 0) is 6.20 Å². The van der Waals surface area contributed by atoms with Gasteiger partial charge in [0.15, 0.2) is 0 Å². The van der Waals surface area contributed by atoms with Crippen molar-refractivity contribution in [1.29, 1.82) is 0 Å². The van der Waals surface area contributed by atoms with Crippen molar-refractivity contribution in [1.82, 2.24) is 0 Å². The summed E-state index contributed by atoms with van der Waals surface area (Å²) in [7, 11) is 6.61. The van der Waals surface area contributed by atoms with Crippen molar-refractivity contribution in [2.24, 2.45) is 0 Å². The molecule has 1 aromatic rings. The zero-order chi connectivity index (χ0) is 12.0. The van der Waals surface area contributed by atoms with E-state index in [1.807, 2.05) is 58.0 Å². The van der Waals surface area contributed by atoms with Gasteiger partial charge in [-0.1, -0.05) is 0 Å². The van der Waals surface area contributed by atoms with Crippen LogP contribution in [-0.4, -0.2) is 29.1 Å². The zero-order valence-electron chi connectivity index (χ0n) is 9.99. The Morgan fingerprint density at radius 3 is 1.81 bits per heavy atom. The van der Waals surface area contributed by atoms with Crippen LogP contribution in [0.5, 0.6) is 0 Å².